The summed E-state index contributed by atoms with van der Waals surface area (Å²) in [4.78, 5) is 23.0. The van der Waals surface area contributed by atoms with Crippen LogP contribution in [-0.2, 0) is 28.5 Å². The second-order valence-electron chi connectivity index (χ2n) is 4.57. The highest BCUT2D eigenvalue weighted by atomic mass is 16.7. The molecule has 0 bridgehead atoms. The molecule has 0 aliphatic carbocycles. The van der Waals surface area contributed by atoms with Crippen LogP contribution in [0, 0.1) is 0 Å². The van der Waals surface area contributed by atoms with Gasteiger partial charge in [0.05, 0.1) is 12.2 Å². The summed E-state index contributed by atoms with van der Waals surface area (Å²) in [7, 11) is 0. The van der Waals surface area contributed by atoms with E-state index >= 15 is 0 Å². The topological polar surface area (TPSA) is 71.1 Å². The molecule has 1 heterocycles. The zero-order valence-electron chi connectivity index (χ0n) is 11.7. The van der Waals surface area contributed by atoms with Gasteiger partial charge in [0, 0.05) is 5.57 Å². The van der Waals surface area contributed by atoms with Crippen molar-refractivity contribution in [2.24, 2.45) is 0 Å². The van der Waals surface area contributed by atoms with Crippen LogP contribution < -0.4 is 0 Å². The molecule has 0 aromatic heterocycles. The molecular weight excluding hydrogens is 252 g/mol. The van der Waals surface area contributed by atoms with E-state index < -0.39 is 24.3 Å². The minimum absolute atomic E-state index is 0.0476. The number of hydrogen-bond donors (Lipinski definition) is 0. The summed E-state index contributed by atoms with van der Waals surface area (Å²) < 4.78 is 20.7. The van der Waals surface area contributed by atoms with Gasteiger partial charge in [-0.05, 0) is 27.7 Å². The molecule has 19 heavy (non-hydrogen) atoms. The maximum atomic E-state index is 11.7. The van der Waals surface area contributed by atoms with E-state index in [-0.39, 0.29) is 24.4 Å². The molecule has 1 aliphatic rings. The van der Waals surface area contributed by atoms with Crippen molar-refractivity contribution < 1.29 is 28.5 Å². The van der Waals surface area contributed by atoms with Crippen molar-refractivity contribution >= 4 is 11.9 Å². The first kappa shape index (κ1) is 15.7. The summed E-state index contributed by atoms with van der Waals surface area (Å²) in [5.74, 6) is -1.31. The third-order valence-corrected chi connectivity index (χ3v) is 2.73. The van der Waals surface area contributed by atoms with E-state index in [1.807, 2.05) is 13.8 Å². The number of ether oxygens (including phenoxy) is 4. The number of esters is 2. The average Bonchev–Trinajstić information content (AvgIpc) is 2.33. The molecule has 6 nitrogen and oxygen atoms in total. The molecule has 0 amide bonds. The van der Waals surface area contributed by atoms with Crippen LogP contribution in [0.15, 0.2) is 12.2 Å². The van der Waals surface area contributed by atoms with Crippen molar-refractivity contribution in [3.8, 4) is 0 Å². The van der Waals surface area contributed by atoms with Crippen LogP contribution in [0.3, 0.4) is 0 Å². The van der Waals surface area contributed by atoms with E-state index in [2.05, 4.69) is 6.58 Å². The van der Waals surface area contributed by atoms with E-state index in [4.69, 9.17) is 18.9 Å². The van der Waals surface area contributed by atoms with Gasteiger partial charge in [0.1, 0.15) is 6.61 Å². The second kappa shape index (κ2) is 6.68. The first-order valence-electron chi connectivity index (χ1n) is 6.15. The molecule has 4 unspecified atom stereocenters. The van der Waals surface area contributed by atoms with E-state index in [9.17, 15) is 9.59 Å². The molecule has 0 spiro atoms. The first-order chi connectivity index (χ1) is 8.81. The van der Waals surface area contributed by atoms with E-state index in [1.165, 1.54) is 13.8 Å². The van der Waals surface area contributed by atoms with Gasteiger partial charge in [-0.1, -0.05) is 6.58 Å². The third-order valence-electron chi connectivity index (χ3n) is 2.73. The first-order valence-corrected chi connectivity index (χ1v) is 6.15. The van der Waals surface area contributed by atoms with Crippen LogP contribution in [0.5, 0.6) is 0 Å². The van der Waals surface area contributed by atoms with Crippen molar-refractivity contribution in [3.05, 3.63) is 12.2 Å². The highest BCUT2D eigenvalue weighted by Gasteiger charge is 2.30. The molecule has 4 atom stereocenters. The molecule has 1 rings (SSSR count). The maximum Gasteiger partial charge on any atom is 0.349 e. The van der Waals surface area contributed by atoms with Crippen molar-refractivity contribution in [3.63, 3.8) is 0 Å². The Bertz CT molecular complexity index is 364. The predicted octanol–water partition coefficient (Wildman–Crippen LogP) is 1.19. The Balaban J connectivity index is 2.42. The second-order valence-corrected chi connectivity index (χ2v) is 4.57. The average molecular weight is 272 g/mol. The summed E-state index contributed by atoms with van der Waals surface area (Å²) >= 11 is 0. The van der Waals surface area contributed by atoms with Gasteiger partial charge in [-0.25, -0.2) is 9.59 Å². The van der Waals surface area contributed by atoms with Gasteiger partial charge in [0.15, 0.2) is 6.10 Å². The number of hydrogen-bond acceptors (Lipinski definition) is 6. The summed E-state index contributed by atoms with van der Waals surface area (Å²) in [6.45, 7) is 10.2. The fraction of sp³-hybridized carbons (Fsp3) is 0.692. The minimum atomic E-state index is -1.01. The highest BCUT2D eigenvalue weighted by molar-refractivity contribution is 5.89. The van der Waals surface area contributed by atoms with Crippen LogP contribution in [0.2, 0.25) is 0 Å². The molecule has 0 N–H and O–H groups in total. The molecule has 0 saturated carbocycles. The van der Waals surface area contributed by atoms with Gasteiger partial charge in [0.25, 0.3) is 0 Å². The van der Waals surface area contributed by atoms with Crippen molar-refractivity contribution in [2.75, 3.05) is 6.61 Å². The Morgan fingerprint density at radius 3 is 2.47 bits per heavy atom. The van der Waals surface area contributed by atoms with Gasteiger partial charge in [-0.2, -0.15) is 0 Å². The summed E-state index contributed by atoms with van der Waals surface area (Å²) in [5.41, 5.74) is 0.222. The number of carbonyl (C=O) groups is 2. The smallest absolute Gasteiger partial charge is 0.349 e. The summed E-state index contributed by atoms with van der Waals surface area (Å²) in [6.07, 6.45) is -2.00. The van der Waals surface area contributed by atoms with Crippen LogP contribution in [0.25, 0.3) is 0 Å². The normalized spacial score (nSPS) is 28.3. The lowest BCUT2D eigenvalue weighted by molar-refractivity contribution is -0.256. The monoisotopic (exact) mass is 272 g/mol. The zero-order valence-corrected chi connectivity index (χ0v) is 11.7. The molecular formula is C13H20O6. The quantitative estimate of drug-likeness (QED) is 0.565. The summed E-state index contributed by atoms with van der Waals surface area (Å²) in [5, 5.41) is 0. The lowest BCUT2D eigenvalue weighted by atomic mass is 10.2. The number of carbonyl (C=O) groups excluding carboxylic acids is 2. The van der Waals surface area contributed by atoms with Crippen molar-refractivity contribution in [2.45, 2.75) is 52.3 Å². The van der Waals surface area contributed by atoms with Crippen molar-refractivity contribution in [1.82, 2.24) is 0 Å². The van der Waals surface area contributed by atoms with E-state index in [1.54, 1.807) is 0 Å². The van der Waals surface area contributed by atoms with Crippen molar-refractivity contribution in [1.29, 1.82) is 0 Å². The van der Waals surface area contributed by atoms with Gasteiger partial charge >= 0.3 is 11.9 Å². The molecule has 0 aromatic rings. The Hall–Kier alpha value is -1.40. The fourth-order valence-corrected chi connectivity index (χ4v) is 1.35. The van der Waals surface area contributed by atoms with Crippen LogP contribution >= 0.6 is 0 Å². The molecule has 6 heteroatoms. The van der Waals surface area contributed by atoms with Crippen LogP contribution in [-0.4, -0.2) is 43.1 Å². The largest absolute Gasteiger partial charge is 0.447 e. The molecule has 108 valence electrons. The number of rotatable bonds is 4. The summed E-state index contributed by atoms with van der Waals surface area (Å²) in [6, 6.07) is 0. The van der Waals surface area contributed by atoms with Crippen LogP contribution in [0.4, 0.5) is 0 Å². The van der Waals surface area contributed by atoms with Gasteiger partial charge in [0.2, 0.25) is 6.29 Å². The lowest BCUT2D eigenvalue weighted by Crippen LogP contribution is -2.43. The Labute approximate surface area is 112 Å². The minimum Gasteiger partial charge on any atom is -0.447 e. The SMILES string of the molecule is C=C(C)C(=O)OC(C)C(=O)OC1COC(C)C(C)O1. The van der Waals surface area contributed by atoms with Gasteiger partial charge in [-0.3, -0.25) is 0 Å². The van der Waals surface area contributed by atoms with Gasteiger partial charge in [-0.15, -0.1) is 0 Å². The van der Waals surface area contributed by atoms with E-state index in [0.29, 0.717) is 0 Å². The Morgan fingerprint density at radius 1 is 1.32 bits per heavy atom. The molecule has 0 aromatic carbocycles. The Kier molecular flexibility index (Phi) is 5.50. The molecule has 1 saturated heterocycles. The van der Waals surface area contributed by atoms with Crippen LogP contribution in [0.1, 0.15) is 27.7 Å². The fourth-order valence-electron chi connectivity index (χ4n) is 1.35. The Morgan fingerprint density at radius 2 is 1.95 bits per heavy atom. The standard InChI is InChI=1S/C13H20O6/c1-7(2)12(14)18-10(5)13(15)19-11-6-16-8(3)9(4)17-11/h8-11H,1,6H2,2-5H3. The molecule has 0 radical (unpaired) electrons. The zero-order chi connectivity index (χ0) is 14.6. The highest BCUT2D eigenvalue weighted by Crippen LogP contribution is 2.15. The molecule has 1 fully saturated rings. The maximum absolute atomic E-state index is 11.7. The predicted molar refractivity (Wildman–Crippen MR) is 66.2 cm³/mol. The van der Waals surface area contributed by atoms with E-state index in [0.717, 1.165) is 0 Å². The molecule has 1 aliphatic heterocycles. The lowest BCUT2D eigenvalue weighted by Gasteiger charge is -2.32. The van der Waals surface area contributed by atoms with Gasteiger partial charge < -0.3 is 18.9 Å². The third kappa shape index (κ3) is 4.65.